The van der Waals surface area contributed by atoms with Gasteiger partial charge in [0, 0.05) is 26.2 Å². The minimum absolute atomic E-state index is 0.791. The lowest BCUT2D eigenvalue weighted by Gasteiger charge is -2.21. The van der Waals surface area contributed by atoms with E-state index in [4.69, 9.17) is 4.99 Å². The third kappa shape index (κ3) is 2.07. The van der Waals surface area contributed by atoms with Crippen LogP contribution in [0.1, 0.15) is 27.7 Å². The lowest BCUT2D eigenvalue weighted by atomic mass is 10.2. The van der Waals surface area contributed by atoms with Gasteiger partial charge in [-0.3, -0.25) is 0 Å². The molecule has 0 saturated carbocycles. The lowest BCUT2D eigenvalue weighted by Crippen LogP contribution is -2.34. The van der Waals surface area contributed by atoms with E-state index in [2.05, 4.69) is 47.0 Å². The number of fused-ring (bicyclic) bond motifs is 1. The number of rotatable bonds is 5. The van der Waals surface area contributed by atoms with Gasteiger partial charge < -0.3 is 9.80 Å². The van der Waals surface area contributed by atoms with E-state index in [0.29, 0.717) is 0 Å². The van der Waals surface area contributed by atoms with Gasteiger partial charge in [-0.15, -0.1) is 0 Å². The topological polar surface area (TPSA) is 43.6 Å². The average Bonchev–Trinajstić information content (AvgIpc) is 2.97. The van der Waals surface area contributed by atoms with Crippen molar-refractivity contribution in [3.8, 4) is 0 Å². The first-order valence-electron chi connectivity index (χ1n) is 6.58. The number of nitrogens with zero attached hydrogens (tertiary/aromatic N) is 5. The maximum atomic E-state index is 4.78. The van der Waals surface area contributed by atoms with Crippen molar-refractivity contribution >= 4 is 20.1 Å². The van der Waals surface area contributed by atoms with Crippen LogP contribution in [0.2, 0.25) is 0 Å². The van der Waals surface area contributed by atoms with E-state index in [1.165, 1.54) is 0 Å². The van der Waals surface area contributed by atoms with Crippen LogP contribution in [0.15, 0.2) is 26.0 Å². The van der Waals surface area contributed by atoms with Gasteiger partial charge in [0.2, 0.25) is 0 Å². The molecule has 0 aromatic heterocycles. The molecule has 0 radical (unpaired) electrons. The molecule has 0 aromatic rings. The molecule has 98 valence electrons. The molecule has 0 spiro atoms. The van der Waals surface area contributed by atoms with E-state index in [1.807, 2.05) is 0 Å². The van der Waals surface area contributed by atoms with Gasteiger partial charge in [0.15, 0.2) is 20.2 Å². The molecule has 5 nitrogen and oxygen atoms in total. The predicted octanol–water partition coefficient (Wildman–Crippen LogP) is 2.75. The lowest BCUT2D eigenvalue weighted by molar-refractivity contribution is 0.375. The van der Waals surface area contributed by atoms with Crippen LogP contribution in [0.3, 0.4) is 0 Å². The summed E-state index contributed by atoms with van der Waals surface area (Å²) >= 11 is 0. The normalized spacial score (nSPS) is 17.8. The maximum absolute atomic E-state index is 4.78. The summed E-state index contributed by atoms with van der Waals surface area (Å²) in [5, 5.41) is 0. The third-order valence-corrected chi connectivity index (χ3v) is 3.85. The Morgan fingerprint density at radius 2 is 1.56 bits per heavy atom. The average molecular weight is 265 g/mol. The molecule has 0 unspecified atom stereocenters. The molecule has 6 heteroatoms. The molecule has 0 atom stereocenters. The molecule has 2 heterocycles. The van der Waals surface area contributed by atoms with Crippen LogP contribution in [0.5, 0.6) is 0 Å². The van der Waals surface area contributed by atoms with Gasteiger partial charge in [-0.25, -0.2) is 14.5 Å². The Morgan fingerprint density at radius 3 is 2.11 bits per heavy atom. The van der Waals surface area contributed by atoms with E-state index < -0.39 is 0 Å². The Morgan fingerprint density at radius 1 is 0.944 bits per heavy atom. The third-order valence-electron chi connectivity index (χ3n) is 3.28. The molecule has 0 N–H and O–H groups in total. The maximum Gasteiger partial charge on any atom is 0.159 e. The fraction of sp³-hybridized carbons (Fsp3) is 0.667. The van der Waals surface area contributed by atoms with Gasteiger partial charge >= 0.3 is 0 Å². The van der Waals surface area contributed by atoms with Crippen LogP contribution >= 0.6 is 8.52 Å². The van der Waals surface area contributed by atoms with Crippen LogP contribution in [0, 0.1) is 0 Å². The highest BCUT2D eigenvalue weighted by molar-refractivity contribution is 7.26. The van der Waals surface area contributed by atoms with Gasteiger partial charge in [0.1, 0.15) is 11.4 Å². The Hall–Kier alpha value is -1.22. The van der Waals surface area contributed by atoms with Crippen molar-refractivity contribution in [1.82, 2.24) is 9.80 Å². The summed E-state index contributed by atoms with van der Waals surface area (Å²) in [4.78, 5) is 9.26. The molecule has 0 aromatic carbocycles. The van der Waals surface area contributed by atoms with E-state index >= 15 is 0 Å². The van der Waals surface area contributed by atoms with Gasteiger partial charge in [-0.2, -0.15) is 0 Å². The zero-order valence-corrected chi connectivity index (χ0v) is 12.4. The van der Waals surface area contributed by atoms with E-state index in [0.717, 1.165) is 57.8 Å². The molecular weight excluding hydrogens is 245 g/mol. The molecule has 2 aliphatic heterocycles. The van der Waals surface area contributed by atoms with Crippen molar-refractivity contribution < 1.29 is 0 Å². The molecule has 18 heavy (non-hydrogen) atoms. The summed E-state index contributed by atoms with van der Waals surface area (Å²) in [6.07, 6.45) is 0. The summed E-state index contributed by atoms with van der Waals surface area (Å²) in [5.41, 5.74) is 1.95. The van der Waals surface area contributed by atoms with Crippen molar-refractivity contribution in [3.05, 3.63) is 11.5 Å². The smallest absolute Gasteiger partial charge is 0.159 e. The molecular formula is C12H20N5P. The van der Waals surface area contributed by atoms with Crippen LogP contribution in [-0.4, -0.2) is 47.5 Å². The fourth-order valence-electron chi connectivity index (χ4n) is 2.20. The summed E-state index contributed by atoms with van der Waals surface area (Å²) in [6, 6.07) is 0. The van der Waals surface area contributed by atoms with Gasteiger partial charge in [0.25, 0.3) is 0 Å². The van der Waals surface area contributed by atoms with Crippen molar-refractivity contribution in [2.45, 2.75) is 27.7 Å². The molecule has 2 aliphatic rings. The highest BCUT2D eigenvalue weighted by atomic mass is 31.1. The van der Waals surface area contributed by atoms with E-state index in [-0.39, 0.29) is 0 Å². The number of amidine groups is 1. The largest absolute Gasteiger partial charge is 0.355 e. The zero-order chi connectivity index (χ0) is 13.1. The second-order valence-corrected chi connectivity index (χ2v) is 4.67. The quantitative estimate of drug-likeness (QED) is 0.717. The minimum atomic E-state index is 0.791. The predicted molar refractivity (Wildman–Crippen MR) is 77.1 cm³/mol. The van der Waals surface area contributed by atoms with Gasteiger partial charge in [-0.05, 0) is 27.7 Å². The standard InChI is InChI=1S/C12H20N5P/c1-5-16(6-2)11-9-10(15-18-14-9)12(13-11)17(7-3)8-4/h5-8H2,1-4H3. The minimum Gasteiger partial charge on any atom is -0.355 e. The molecule has 0 bridgehead atoms. The number of aliphatic imine (C=N–C) groups is 1. The first-order chi connectivity index (χ1) is 8.76. The first-order valence-corrected chi connectivity index (χ1v) is 7.38. The van der Waals surface area contributed by atoms with Gasteiger partial charge in [-0.1, -0.05) is 0 Å². The zero-order valence-electron chi connectivity index (χ0n) is 11.5. The Bertz CT molecular complexity index is 441. The molecule has 0 saturated heterocycles. The van der Waals surface area contributed by atoms with E-state index in [1.54, 1.807) is 0 Å². The van der Waals surface area contributed by atoms with Gasteiger partial charge in [0.05, 0.1) is 0 Å². The summed E-state index contributed by atoms with van der Waals surface area (Å²) in [6.45, 7) is 12.4. The molecule has 2 rings (SSSR count). The van der Waals surface area contributed by atoms with Crippen LogP contribution in [0.4, 0.5) is 0 Å². The molecule has 0 fully saturated rings. The van der Waals surface area contributed by atoms with Crippen molar-refractivity contribution in [2.75, 3.05) is 26.2 Å². The Labute approximate surface area is 110 Å². The first kappa shape index (κ1) is 13.2. The Balaban J connectivity index is 2.36. The van der Waals surface area contributed by atoms with Crippen LogP contribution in [0.25, 0.3) is 0 Å². The highest BCUT2D eigenvalue weighted by Crippen LogP contribution is 2.32. The SMILES string of the molecule is CCN(CC)C1=NC(N(CC)CC)=C2N=PN=C12. The second kappa shape index (κ2) is 5.61. The van der Waals surface area contributed by atoms with Crippen molar-refractivity contribution in [3.63, 3.8) is 0 Å². The molecule has 0 amide bonds. The Kier molecular flexibility index (Phi) is 4.12. The fourth-order valence-corrected chi connectivity index (χ4v) is 2.79. The monoisotopic (exact) mass is 265 g/mol. The van der Waals surface area contributed by atoms with Crippen LogP contribution in [-0.2, 0) is 0 Å². The van der Waals surface area contributed by atoms with Crippen LogP contribution < -0.4 is 0 Å². The number of hydrogen-bond donors (Lipinski definition) is 0. The number of hydrogen-bond acceptors (Lipinski definition) is 5. The summed E-state index contributed by atoms with van der Waals surface area (Å²) in [5.74, 6) is 1.98. The second-order valence-electron chi connectivity index (χ2n) is 4.09. The highest BCUT2D eigenvalue weighted by Gasteiger charge is 2.32. The molecule has 0 aliphatic carbocycles. The van der Waals surface area contributed by atoms with Crippen molar-refractivity contribution in [2.24, 2.45) is 14.5 Å². The van der Waals surface area contributed by atoms with Crippen molar-refractivity contribution in [1.29, 1.82) is 0 Å². The van der Waals surface area contributed by atoms with E-state index in [9.17, 15) is 0 Å². The summed E-state index contributed by atoms with van der Waals surface area (Å²) in [7, 11) is 0.791. The summed E-state index contributed by atoms with van der Waals surface area (Å²) < 4.78 is 8.92.